The van der Waals surface area contributed by atoms with Crippen molar-refractivity contribution in [3.8, 4) is 11.1 Å². The van der Waals surface area contributed by atoms with Crippen molar-refractivity contribution < 1.29 is 0 Å². The Morgan fingerprint density at radius 1 is 0.750 bits per heavy atom. The van der Waals surface area contributed by atoms with E-state index in [0.717, 1.165) is 13.1 Å². The maximum absolute atomic E-state index is 2.64. The van der Waals surface area contributed by atoms with Gasteiger partial charge in [-0.3, -0.25) is 0 Å². The molecule has 0 atom stereocenters. The van der Waals surface area contributed by atoms with Crippen molar-refractivity contribution in [2.45, 2.75) is 52.0 Å². The smallest absolute Gasteiger partial charge is 0.126 e. The zero-order chi connectivity index (χ0) is 20.7. The minimum absolute atomic E-state index is 0. The minimum Gasteiger partial charge on any atom is -0.324 e. The summed E-state index contributed by atoms with van der Waals surface area (Å²) in [4.78, 5) is 2.64. The second-order valence-electron chi connectivity index (χ2n) is 9.77. The fourth-order valence-electron chi connectivity index (χ4n) is 5.06. The number of rotatable bonds is 4. The van der Waals surface area contributed by atoms with E-state index < -0.39 is 0 Å². The summed E-state index contributed by atoms with van der Waals surface area (Å²) < 4.78 is 5.01. The lowest BCUT2D eigenvalue weighted by atomic mass is 9.84. The fourth-order valence-corrected chi connectivity index (χ4v) is 5.06. The Morgan fingerprint density at radius 3 is 2.03 bits per heavy atom. The number of aromatic nitrogens is 2. The van der Waals surface area contributed by atoms with E-state index in [4.69, 9.17) is 0 Å². The number of hydrogen-bond acceptors (Lipinski definition) is 1. The average molecular weight is 561 g/mol. The normalized spacial score (nSPS) is 15.0. The molecule has 32 heavy (non-hydrogen) atoms. The molecule has 2 aromatic heterocycles. The van der Waals surface area contributed by atoms with Crippen molar-refractivity contribution in [3.63, 3.8) is 0 Å². The number of halogens is 2. The Hall–Kier alpha value is -1.56. The van der Waals surface area contributed by atoms with Gasteiger partial charge in [0.15, 0.2) is 0 Å². The van der Waals surface area contributed by atoms with E-state index in [1.807, 2.05) is 0 Å². The maximum Gasteiger partial charge on any atom is 0.126 e. The standard InChI is InChI=1S/C27H33N3.2BrH/c1-27(2,3)22-20-30-24-15-9-8-14-23(24)29(19-18-28-16-10-5-11-17-28)26(30)25(22)21-12-6-4-7-13-21;;/h4,6-9,12-15,20H,5,10-11,16-19H2,1-3H3;2*1H. The topological polar surface area (TPSA) is 12.6 Å². The highest BCUT2D eigenvalue weighted by atomic mass is 79.9. The van der Waals surface area contributed by atoms with E-state index in [9.17, 15) is 0 Å². The highest BCUT2D eigenvalue weighted by Crippen LogP contribution is 2.40. The van der Waals surface area contributed by atoms with Gasteiger partial charge in [-0.15, -0.1) is 34.0 Å². The SMILES string of the molecule is Br.Br.CC(C)(C)c1cn2c3ccccc3n(CCN3CCCCC3)c2c1-c1ccccc1. The molecule has 172 valence electrons. The van der Waals surface area contributed by atoms with E-state index in [1.165, 1.54) is 65.7 Å². The van der Waals surface area contributed by atoms with Crippen LogP contribution in [0.3, 0.4) is 0 Å². The first-order valence-electron chi connectivity index (χ1n) is 11.4. The predicted octanol–water partition coefficient (Wildman–Crippen LogP) is 7.50. The summed E-state index contributed by atoms with van der Waals surface area (Å²) in [6, 6.07) is 19.8. The van der Waals surface area contributed by atoms with Crippen LogP contribution >= 0.6 is 34.0 Å². The van der Waals surface area contributed by atoms with Gasteiger partial charge < -0.3 is 13.9 Å². The highest BCUT2D eigenvalue weighted by Gasteiger charge is 2.26. The van der Waals surface area contributed by atoms with Crippen molar-refractivity contribution in [1.29, 1.82) is 0 Å². The van der Waals surface area contributed by atoms with Crippen molar-refractivity contribution in [1.82, 2.24) is 13.9 Å². The van der Waals surface area contributed by atoms with Crippen LogP contribution in [0.4, 0.5) is 0 Å². The van der Waals surface area contributed by atoms with Crippen LogP contribution in [0.1, 0.15) is 45.6 Å². The first-order chi connectivity index (χ1) is 14.5. The molecule has 1 fully saturated rings. The number of para-hydroxylation sites is 2. The molecular weight excluding hydrogens is 526 g/mol. The zero-order valence-electron chi connectivity index (χ0n) is 19.4. The third kappa shape index (κ3) is 4.57. The van der Waals surface area contributed by atoms with Gasteiger partial charge in [-0.25, -0.2) is 0 Å². The summed E-state index contributed by atoms with van der Waals surface area (Å²) in [5.41, 5.74) is 8.17. The van der Waals surface area contributed by atoms with Gasteiger partial charge in [-0.1, -0.05) is 69.7 Å². The molecule has 2 aromatic carbocycles. The largest absolute Gasteiger partial charge is 0.324 e. The van der Waals surface area contributed by atoms with Crippen molar-refractivity contribution in [3.05, 3.63) is 66.4 Å². The molecule has 5 heteroatoms. The lowest BCUT2D eigenvalue weighted by Gasteiger charge is -2.26. The Balaban J connectivity index is 0.00000144. The van der Waals surface area contributed by atoms with Gasteiger partial charge in [0.25, 0.3) is 0 Å². The molecule has 0 aliphatic carbocycles. The Labute approximate surface area is 213 Å². The summed E-state index contributed by atoms with van der Waals surface area (Å²) in [5, 5.41) is 0. The Kier molecular flexibility index (Phi) is 7.95. The number of fused-ring (bicyclic) bond motifs is 3. The Morgan fingerprint density at radius 2 is 1.38 bits per heavy atom. The summed E-state index contributed by atoms with van der Waals surface area (Å²) in [6.45, 7) is 11.6. The van der Waals surface area contributed by atoms with E-state index in [0.29, 0.717) is 0 Å². The molecule has 0 spiro atoms. The molecule has 1 aliphatic rings. The molecule has 0 saturated carbocycles. The number of nitrogens with zero attached hydrogens (tertiary/aromatic N) is 3. The van der Waals surface area contributed by atoms with Crippen LogP contribution in [-0.4, -0.2) is 33.5 Å². The van der Waals surface area contributed by atoms with Gasteiger partial charge in [0.05, 0.1) is 11.0 Å². The monoisotopic (exact) mass is 559 g/mol. The van der Waals surface area contributed by atoms with Gasteiger partial charge >= 0.3 is 0 Å². The molecule has 0 amide bonds. The zero-order valence-corrected chi connectivity index (χ0v) is 22.8. The quantitative estimate of drug-likeness (QED) is 0.252. The van der Waals surface area contributed by atoms with Crippen LogP contribution in [-0.2, 0) is 12.0 Å². The third-order valence-corrected chi connectivity index (χ3v) is 6.63. The molecular formula is C27H35Br2N3. The first kappa shape index (κ1) is 25.1. The average Bonchev–Trinajstić information content (AvgIpc) is 3.29. The Bertz CT molecular complexity index is 1160. The van der Waals surface area contributed by atoms with Gasteiger partial charge in [0.1, 0.15) is 5.65 Å². The number of hydrogen-bond donors (Lipinski definition) is 0. The molecule has 0 N–H and O–H groups in total. The molecule has 1 saturated heterocycles. The number of piperidine rings is 1. The molecule has 3 nitrogen and oxygen atoms in total. The molecule has 0 radical (unpaired) electrons. The molecule has 0 bridgehead atoms. The van der Waals surface area contributed by atoms with Crippen LogP contribution in [0.15, 0.2) is 60.8 Å². The van der Waals surface area contributed by atoms with Crippen LogP contribution in [0, 0.1) is 0 Å². The lowest BCUT2D eigenvalue weighted by Crippen LogP contribution is -2.32. The van der Waals surface area contributed by atoms with Gasteiger partial charge in [-0.2, -0.15) is 0 Å². The lowest BCUT2D eigenvalue weighted by molar-refractivity contribution is 0.222. The summed E-state index contributed by atoms with van der Waals surface area (Å²) in [5.74, 6) is 0. The van der Waals surface area contributed by atoms with Crippen molar-refractivity contribution in [2.75, 3.05) is 19.6 Å². The predicted molar refractivity (Wildman–Crippen MR) is 148 cm³/mol. The van der Waals surface area contributed by atoms with Crippen LogP contribution < -0.4 is 0 Å². The second-order valence-corrected chi connectivity index (χ2v) is 9.77. The highest BCUT2D eigenvalue weighted by molar-refractivity contribution is 8.93. The number of likely N-dealkylation sites (tertiary alicyclic amines) is 1. The van der Waals surface area contributed by atoms with E-state index in [-0.39, 0.29) is 39.4 Å². The molecule has 3 heterocycles. The molecule has 4 aromatic rings. The molecule has 5 rings (SSSR count). The van der Waals surface area contributed by atoms with Gasteiger partial charge in [-0.05, 0) is 54.6 Å². The summed E-state index contributed by atoms with van der Waals surface area (Å²) in [7, 11) is 0. The second kappa shape index (κ2) is 10.1. The first-order valence-corrected chi connectivity index (χ1v) is 11.4. The number of imidazole rings is 1. The third-order valence-electron chi connectivity index (χ3n) is 6.63. The molecule has 0 unspecified atom stereocenters. The minimum atomic E-state index is 0. The fraction of sp³-hybridized carbons (Fsp3) is 0.407. The van der Waals surface area contributed by atoms with Gasteiger partial charge in [0, 0.05) is 24.8 Å². The van der Waals surface area contributed by atoms with Crippen molar-refractivity contribution in [2.24, 2.45) is 0 Å². The van der Waals surface area contributed by atoms with E-state index >= 15 is 0 Å². The summed E-state index contributed by atoms with van der Waals surface area (Å²) in [6.07, 6.45) is 6.46. The van der Waals surface area contributed by atoms with Crippen LogP contribution in [0.2, 0.25) is 0 Å². The molecule has 1 aliphatic heterocycles. The van der Waals surface area contributed by atoms with Crippen molar-refractivity contribution >= 4 is 50.6 Å². The van der Waals surface area contributed by atoms with Crippen LogP contribution in [0.25, 0.3) is 27.8 Å². The maximum atomic E-state index is 2.64. The van der Waals surface area contributed by atoms with Crippen LogP contribution in [0.5, 0.6) is 0 Å². The van der Waals surface area contributed by atoms with E-state index in [1.54, 1.807) is 0 Å². The van der Waals surface area contributed by atoms with Gasteiger partial charge in [0.2, 0.25) is 0 Å². The summed E-state index contributed by atoms with van der Waals surface area (Å²) >= 11 is 0. The van der Waals surface area contributed by atoms with E-state index in [2.05, 4.69) is 95.4 Å². The number of benzene rings is 2.